The number of amides is 4. The standard InChI is InChI=1S/C30H22BrFN2O5/c1-2-38-26-16-19(14-24-28(35)33-30(37)34(29(24)36)23-11-9-22(32)10-12-23)15-25(31)27(26)39-17-18-7-8-20-5-3-4-6-21(20)13-18/h3-16H,2,17H2,1H3,(H,33,35,37)/b24-14+. The Morgan fingerprint density at radius 3 is 2.41 bits per heavy atom. The summed E-state index contributed by atoms with van der Waals surface area (Å²) in [5, 5.41) is 4.40. The van der Waals surface area contributed by atoms with Crippen molar-refractivity contribution in [3.63, 3.8) is 0 Å². The van der Waals surface area contributed by atoms with Gasteiger partial charge in [-0.1, -0.05) is 36.4 Å². The number of benzene rings is 4. The van der Waals surface area contributed by atoms with Crippen LogP contribution in [0.4, 0.5) is 14.9 Å². The molecule has 0 atom stereocenters. The monoisotopic (exact) mass is 588 g/mol. The summed E-state index contributed by atoms with van der Waals surface area (Å²) >= 11 is 3.52. The molecule has 0 unspecified atom stereocenters. The smallest absolute Gasteiger partial charge is 0.335 e. The Morgan fingerprint density at radius 2 is 1.67 bits per heavy atom. The Labute approximate surface area is 232 Å². The van der Waals surface area contributed by atoms with Crippen molar-refractivity contribution in [1.82, 2.24) is 5.32 Å². The van der Waals surface area contributed by atoms with Crippen molar-refractivity contribution in [2.45, 2.75) is 13.5 Å². The molecular weight excluding hydrogens is 567 g/mol. The van der Waals surface area contributed by atoms with Gasteiger partial charge in [-0.15, -0.1) is 0 Å². The van der Waals surface area contributed by atoms with E-state index in [1.165, 1.54) is 18.2 Å². The molecular formula is C30H22BrFN2O5. The number of barbiturate groups is 1. The summed E-state index contributed by atoms with van der Waals surface area (Å²) in [6.07, 6.45) is 1.36. The number of halogens is 2. The van der Waals surface area contributed by atoms with Gasteiger partial charge in [0.05, 0.1) is 16.8 Å². The van der Waals surface area contributed by atoms with Crippen LogP contribution < -0.4 is 19.7 Å². The lowest BCUT2D eigenvalue weighted by Crippen LogP contribution is -2.54. The molecule has 4 aromatic carbocycles. The van der Waals surface area contributed by atoms with Crippen LogP contribution in [0.25, 0.3) is 16.8 Å². The number of urea groups is 1. The summed E-state index contributed by atoms with van der Waals surface area (Å²) in [6.45, 7) is 2.47. The minimum absolute atomic E-state index is 0.130. The topological polar surface area (TPSA) is 84.9 Å². The van der Waals surface area contributed by atoms with Gasteiger partial charge in [-0.3, -0.25) is 14.9 Å². The van der Waals surface area contributed by atoms with Crippen molar-refractivity contribution in [2.75, 3.05) is 11.5 Å². The molecule has 39 heavy (non-hydrogen) atoms. The minimum Gasteiger partial charge on any atom is -0.490 e. The van der Waals surface area contributed by atoms with Gasteiger partial charge >= 0.3 is 6.03 Å². The summed E-state index contributed by atoms with van der Waals surface area (Å²) in [5.41, 5.74) is 1.31. The van der Waals surface area contributed by atoms with Crippen LogP contribution >= 0.6 is 15.9 Å². The predicted molar refractivity (Wildman–Crippen MR) is 149 cm³/mol. The van der Waals surface area contributed by atoms with E-state index in [4.69, 9.17) is 9.47 Å². The predicted octanol–water partition coefficient (Wildman–Crippen LogP) is 6.39. The molecule has 1 saturated heterocycles. The molecule has 7 nitrogen and oxygen atoms in total. The van der Waals surface area contributed by atoms with Gasteiger partial charge in [0.1, 0.15) is 18.0 Å². The van der Waals surface area contributed by atoms with E-state index >= 15 is 0 Å². The maximum Gasteiger partial charge on any atom is 0.335 e. The second-order valence-corrected chi connectivity index (χ2v) is 9.52. The molecule has 1 heterocycles. The molecule has 196 valence electrons. The number of carbonyl (C=O) groups is 3. The number of rotatable bonds is 7. The number of hydrogen-bond donors (Lipinski definition) is 1. The lowest BCUT2D eigenvalue weighted by atomic mass is 10.1. The molecule has 5 rings (SSSR count). The highest BCUT2D eigenvalue weighted by molar-refractivity contribution is 9.10. The van der Waals surface area contributed by atoms with Crippen LogP contribution in [0.5, 0.6) is 11.5 Å². The fourth-order valence-corrected chi connectivity index (χ4v) is 4.78. The number of nitrogens with one attached hydrogen (secondary N) is 1. The molecule has 4 aromatic rings. The molecule has 0 radical (unpaired) electrons. The molecule has 0 spiro atoms. The maximum absolute atomic E-state index is 13.4. The van der Waals surface area contributed by atoms with Gasteiger partial charge in [0.25, 0.3) is 11.8 Å². The number of ether oxygens (including phenoxy) is 2. The van der Waals surface area contributed by atoms with Crippen LogP contribution in [-0.2, 0) is 16.2 Å². The number of carbonyl (C=O) groups excluding carboxylic acids is 3. The molecule has 9 heteroatoms. The van der Waals surface area contributed by atoms with Gasteiger partial charge in [0.2, 0.25) is 0 Å². The Bertz CT molecular complexity index is 1630. The first kappa shape index (κ1) is 26.1. The molecule has 4 amide bonds. The van der Waals surface area contributed by atoms with Gasteiger partial charge in [0.15, 0.2) is 11.5 Å². The molecule has 1 fully saturated rings. The van der Waals surface area contributed by atoms with Gasteiger partial charge in [-0.25, -0.2) is 14.1 Å². The second kappa shape index (κ2) is 11.1. The summed E-state index contributed by atoms with van der Waals surface area (Å²) in [5.74, 6) is -1.31. The minimum atomic E-state index is -0.914. The highest BCUT2D eigenvalue weighted by Gasteiger charge is 2.36. The summed E-state index contributed by atoms with van der Waals surface area (Å²) in [7, 11) is 0. The van der Waals surface area contributed by atoms with E-state index in [1.54, 1.807) is 12.1 Å². The van der Waals surface area contributed by atoms with Crippen LogP contribution in [0.3, 0.4) is 0 Å². The summed E-state index contributed by atoms with van der Waals surface area (Å²) < 4.78 is 25.8. The summed E-state index contributed by atoms with van der Waals surface area (Å²) in [6, 6.07) is 21.4. The van der Waals surface area contributed by atoms with Gasteiger partial charge in [0, 0.05) is 0 Å². The second-order valence-electron chi connectivity index (χ2n) is 8.67. The van der Waals surface area contributed by atoms with Crippen LogP contribution in [0, 0.1) is 5.82 Å². The zero-order valence-corrected chi connectivity index (χ0v) is 22.3. The number of fused-ring (bicyclic) bond motifs is 1. The molecule has 0 bridgehead atoms. The van der Waals surface area contributed by atoms with Crippen LogP contribution in [-0.4, -0.2) is 24.5 Å². The van der Waals surface area contributed by atoms with Crippen LogP contribution in [0.2, 0.25) is 0 Å². The van der Waals surface area contributed by atoms with Crippen molar-refractivity contribution in [3.8, 4) is 11.5 Å². The van der Waals surface area contributed by atoms with E-state index in [-0.39, 0.29) is 11.3 Å². The third-order valence-electron chi connectivity index (χ3n) is 6.03. The SMILES string of the molecule is CCOc1cc(/C=C2\C(=O)NC(=O)N(c3ccc(F)cc3)C2=O)cc(Br)c1OCc1ccc2ccccc2c1. The highest BCUT2D eigenvalue weighted by Crippen LogP contribution is 2.38. The van der Waals surface area contributed by atoms with E-state index in [0.717, 1.165) is 33.4 Å². The molecule has 0 aliphatic carbocycles. The number of imide groups is 2. The van der Waals surface area contributed by atoms with E-state index in [9.17, 15) is 18.8 Å². The normalized spacial score (nSPS) is 14.6. The van der Waals surface area contributed by atoms with E-state index in [1.807, 2.05) is 43.3 Å². The van der Waals surface area contributed by atoms with Crippen molar-refractivity contribution in [3.05, 3.63) is 106 Å². The number of nitrogens with zero attached hydrogens (tertiary/aromatic N) is 1. The third-order valence-corrected chi connectivity index (χ3v) is 6.62. The lowest BCUT2D eigenvalue weighted by Gasteiger charge is -2.26. The van der Waals surface area contributed by atoms with Crippen LogP contribution in [0.1, 0.15) is 18.1 Å². The Morgan fingerprint density at radius 1 is 0.923 bits per heavy atom. The number of hydrogen-bond acceptors (Lipinski definition) is 5. The van der Waals surface area contributed by atoms with E-state index in [2.05, 4.69) is 27.3 Å². The van der Waals surface area contributed by atoms with Gasteiger partial charge in [-0.2, -0.15) is 0 Å². The van der Waals surface area contributed by atoms with Crippen molar-refractivity contribution < 1.29 is 28.2 Å². The molecule has 0 saturated carbocycles. The molecule has 1 N–H and O–H groups in total. The Balaban J connectivity index is 1.43. The van der Waals surface area contributed by atoms with Gasteiger partial charge in [-0.05, 0) is 93.3 Å². The average molecular weight is 589 g/mol. The van der Waals surface area contributed by atoms with E-state index in [0.29, 0.717) is 34.7 Å². The first-order valence-corrected chi connectivity index (χ1v) is 12.9. The molecule has 0 aromatic heterocycles. The average Bonchev–Trinajstić information content (AvgIpc) is 2.91. The molecule has 1 aliphatic heterocycles. The maximum atomic E-state index is 13.4. The highest BCUT2D eigenvalue weighted by atomic mass is 79.9. The fourth-order valence-electron chi connectivity index (χ4n) is 4.21. The summed E-state index contributed by atoms with van der Waals surface area (Å²) in [4.78, 5) is 38.9. The Kier molecular flexibility index (Phi) is 7.42. The largest absolute Gasteiger partial charge is 0.490 e. The quantitative estimate of drug-likeness (QED) is 0.200. The fraction of sp³-hybridized carbons (Fsp3) is 0.100. The van der Waals surface area contributed by atoms with Crippen molar-refractivity contribution in [2.24, 2.45) is 0 Å². The van der Waals surface area contributed by atoms with E-state index < -0.39 is 23.7 Å². The third kappa shape index (κ3) is 5.53. The zero-order valence-electron chi connectivity index (χ0n) is 20.7. The zero-order chi connectivity index (χ0) is 27.5. The van der Waals surface area contributed by atoms with Crippen molar-refractivity contribution in [1.29, 1.82) is 0 Å². The van der Waals surface area contributed by atoms with Gasteiger partial charge < -0.3 is 9.47 Å². The molecule has 1 aliphatic rings. The Hall–Kier alpha value is -4.50. The van der Waals surface area contributed by atoms with Crippen LogP contribution in [0.15, 0.2) is 88.9 Å². The van der Waals surface area contributed by atoms with Crippen molar-refractivity contribution >= 4 is 56.3 Å². The first-order chi connectivity index (χ1) is 18.8. The lowest BCUT2D eigenvalue weighted by molar-refractivity contribution is -0.122. The first-order valence-electron chi connectivity index (χ1n) is 12.1. The number of anilines is 1.